The van der Waals surface area contributed by atoms with Crippen molar-refractivity contribution in [3.05, 3.63) is 152 Å². The van der Waals surface area contributed by atoms with Gasteiger partial charge in [0.2, 0.25) is 0 Å². The predicted octanol–water partition coefficient (Wildman–Crippen LogP) is 8.87. The van der Waals surface area contributed by atoms with Crippen LogP contribution < -0.4 is 20.1 Å². The number of hydrogen-bond donors (Lipinski definition) is 4. The van der Waals surface area contributed by atoms with Gasteiger partial charge in [-0.3, -0.25) is 28.6 Å². The topological polar surface area (TPSA) is 169 Å². The number of rotatable bonds is 10. The van der Waals surface area contributed by atoms with Gasteiger partial charge in [-0.25, -0.2) is 27.5 Å². The van der Waals surface area contributed by atoms with E-state index in [0.717, 1.165) is 24.3 Å². The van der Waals surface area contributed by atoms with Crippen LogP contribution in [0.5, 0.6) is 11.5 Å². The highest BCUT2D eigenvalue weighted by atomic mass is 35.5. The highest BCUT2D eigenvalue weighted by Gasteiger charge is 2.23. The molecule has 2 amide bonds. The van der Waals surface area contributed by atoms with Crippen molar-refractivity contribution in [2.75, 3.05) is 10.6 Å². The lowest BCUT2D eigenvalue weighted by molar-refractivity contribution is 0.101. The maximum Gasteiger partial charge on any atom is 0.274 e. The van der Waals surface area contributed by atoms with Crippen LogP contribution in [0.4, 0.5) is 28.9 Å². The average molecular weight is 864 g/mol. The Morgan fingerprint density at radius 3 is 1.35 bits per heavy atom. The molecule has 0 aliphatic heterocycles. The highest BCUT2D eigenvalue weighted by molar-refractivity contribution is 6.31. The number of anilines is 2. The second-order valence-electron chi connectivity index (χ2n) is 13.2. The quantitative estimate of drug-likeness (QED) is 0.0989. The molecule has 0 aliphatic rings. The number of halogens is 6. The molecular weight excluding hydrogens is 831 g/mol. The van der Waals surface area contributed by atoms with Gasteiger partial charge in [-0.15, -0.1) is 0 Å². The molecule has 0 fully saturated rings. The van der Waals surface area contributed by atoms with Crippen molar-refractivity contribution in [3.8, 4) is 11.5 Å². The Bertz CT molecular complexity index is 2690. The zero-order valence-electron chi connectivity index (χ0n) is 31.9. The molecule has 8 rings (SSSR count). The summed E-state index contributed by atoms with van der Waals surface area (Å²) in [6.07, 6.45) is 6.03. The largest absolute Gasteiger partial charge is 0.485 e. The standard InChI is InChI=1S/2C20H16ClF2N5O2/c2*1-10-16(7-24-27-10)26-20(29)18-11(2)25-19-17(6-12(21)8-28(18)19)30-9-13-14(22)4-3-5-15(13)23/h2*3-8H,9H2,1-2H3,(H,24,27)(H,26,29). The second-order valence-corrected chi connectivity index (χ2v) is 14.1. The number of hydrogen-bond acceptors (Lipinski definition) is 8. The summed E-state index contributed by atoms with van der Waals surface area (Å²) in [6, 6.07) is 10.1. The number of imidazole rings is 2. The van der Waals surface area contributed by atoms with Gasteiger partial charge in [0.05, 0.1) is 67.7 Å². The number of aromatic nitrogens is 8. The molecule has 0 saturated carbocycles. The van der Waals surface area contributed by atoms with Crippen molar-refractivity contribution >= 4 is 57.7 Å². The normalized spacial score (nSPS) is 11.1. The number of benzene rings is 2. The maximum atomic E-state index is 13.9. The van der Waals surface area contributed by atoms with E-state index in [1.807, 2.05) is 0 Å². The summed E-state index contributed by atoms with van der Waals surface area (Å²) < 4.78 is 69.8. The third kappa shape index (κ3) is 8.46. The summed E-state index contributed by atoms with van der Waals surface area (Å²) in [6.45, 7) is 6.15. The Labute approximate surface area is 347 Å². The first kappa shape index (κ1) is 41.2. The first-order valence-corrected chi connectivity index (χ1v) is 18.6. The van der Waals surface area contributed by atoms with E-state index >= 15 is 0 Å². The van der Waals surface area contributed by atoms with Crippen LogP contribution in [0.2, 0.25) is 10.0 Å². The molecule has 6 aromatic heterocycles. The van der Waals surface area contributed by atoms with E-state index in [4.69, 9.17) is 32.7 Å². The fourth-order valence-corrected chi connectivity index (χ4v) is 6.50. The zero-order valence-corrected chi connectivity index (χ0v) is 33.4. The minimum Gasteiger partial charge on any atom is -0.485 e. The van der Waals surface area contributed by atoms with Gasteiger partial charge >= 0.3 is 0 Å². The van der Waals surface area contributed by atoms with Gasteiger partial charge < -0.3 is 20.1 Å². The molecule has 0 aliphatic carbocycles. The Morgan fingerprint density at radius 2 is 1.02 bits per heavy atom. The van der Waals surface area contributed by atoms with Crippen molar-refractivity contribution in [2.24, 2.45) is 0 Å². The first-order valence-electron chi connectivity index (χ1n) is 17.8. The second kappa shape index (κ2) is 17.1. The van der Waals surface area contributed by atoms with Gasteiger partial charge in [-0.2, -0.15) is 10.2 Å². The third-order valence-electron chi connectivity index (χ3n) is 9.11. The minimum atomic E-state index is -0.719. The van der Waals surface area contributed by atoms with E-state index in [-0.39, 0.29) is 57.3 Å². The van der Waals surface area contributed by atoms with Crippen molar-refractivity contribution in [1.82, 2.24) is 39.2 Å². The van der Waals surface area contributed by atoms with Gasteiger partial charge in [-0.1, -0.05) is 35.3 Å². The molecule has 8 aromatic rings. The SMILES string of the molecule is Cc1nc2c(OCc3c(F)cccc3F)cc(Cl)cn2c1C(=O)Nc1cn[nH]c1C.Cc1nc2c(OCc3c(F)cccc3F)cc(Cl)cn2c1C(=O)Nc1cn[nH]c1C. The Kier molecular flexibility index (Phi) is 11.8. The smallest absolute Gasteiger partial charge is 0.274 e. The number of amides is 2. The predicted molar refractivity (Wildman–Crippen MR) is 214 cm³/mol. The van der Waals surface area contributed by atoms with Crippen molar-refractivity contribution in [1.29, 1.82) is 0 Å². The molecule has 0 unspecified atom stereocenters. The molecule has 6 heterocycles. The number of pyridine rings is 2. The van der Waals surface area contributed by atoms with E-state index in [0.29, 0.717) is 45.4 Å². The van der Waals surface area contributed by atoms with E-state index in [9.17, 15) is 27.2 Å². The van der Waals surface area contributed by atoms with Crippen molar-refractivity contribution in [2.45, 2.75) is 40.9 Å². The van der Waals surface area contributed by atoms with Gasteiger partial charge in [0.15, 0.2) is 22.8 Å². The number of ether oxygens (including phenoxy) is 2. The zero-order chi connectivity index (χ0) is 42.8. The summed E-state index contributed by atoms with van der Waals surface area (Å²) in [5, 5.41) is 19.3. The Morgan fingerprint density at radius 1 is 0.650 bits per heavy atom. The van der Waals surface area contributed by atoms with Crippen LogP contribution in [-0.2, 0) is 13.2 Å². The average Bonchev–Trinajstić information content (AvgIpc) is 3.96. The van der Waals surface area contributed by atoms with E-state index < -0.39 is 35.1 Å². The lowest BCUT2D eigenvalue weighted by Crippen LogP contribution is -2.16. The van der Waals surface area contributed by atoms with Crippen LogP contribution in [0.3, 0.4) is 0 Å². The molecule has 0 saturated heterocycles. The number of aromatic amines is 2. The Hall–Kier alpha value is -6.92. The Balaban J connectivity index is 0.000000181. The molecule has 4 N–H and O–H groups in total. The fraction of sp³-hybridized carbons (Fsp3) is 0.150. The van der Waals surface area contributed by atoms with Gasteiger partial charge in [0.1, 0.15) is 47.9 Å². The molecule has 20 heteroatoms. The third-order valence-corrected chi connectivity index (χ3v) is 9.52. The summed E-state index contributed by atoms with van der Waals surface area (Å²) in [5.74, 6) is -3.34. The molecule has 0 radical (unpaired) electrons. The monoisotopic (exact) mass is 862 g/mol. The van der Waals surface area contributed by atoms with Crippen LogP contribution in [0.25, 0.3) is 11.3 Å². The van der Waals surface area contributed by atoms with Crippen LogP contribution >= 0.6 is 23.2 Å². The fourth-order valence-electron chi connectivity index (χ4n) is 6.11. The number of nitrogens with zero attached hydrogens (tertiary/aromatic N) is 6. The summed E-state index contributed by atoms with van der Waals surface area (Å²) in [7, 11) is 0. The molecule has 14 nitrogen and oxygen atoms in total. The summed E-state index contributed by atoms with van der Waals surface area (Å²) >= 11 is 12.4. The molecule has 0 spiro atoms. The number of aryl methyl sites for hydroxylation is 4. The van der Waals surface area contributed by atoms with E-state index in [1.54, 1.807) is 27.7 Å². The van der Waals surface area contributed by atoms with Crippen LogP contribution in [0.1, 0.15) is 54.9 Å². The summed E-state index contributed by atoms with van der Waals surface area (Å²) in [4.78, 5) is 34.5. The van der Waals surface area contributed by atoms with Gasteiger partial charge in [0, 0.05) is 24.5 Å². The van der Waals surface area contributed by atoms with Crippen molar-refractivity contribution < 1.29 is 36.6 Å². The maximum absolute atomic E-state index is 13.9. The van der Waals surface area contributed by atoms with Gasteiger partial charge in [-0.05, 0) is 52.0 Å². The van der Waals surface area contributed by atoms with Crippen molar-refractivity contribution in [3.63, 3.8) is 0 Å². The number of fused-ring (bicyclic) bond motifs is 2. The molecule has 0 atom stereocenters. The van der Waals surface area contributed by atoms with Crippen LogP contribution in [0.15, 0.2) is 73.3 Å². The highest BCUT2D eigenvalue weighted by Crippen LogP contribution is 2.30. The van der Waals surface area contributed by atoms with E-state index in [1.165, 1.54) is 57.9 Å². The number of nitrogens with one attached hydrogen (secondary N) is 4. The lowest BCUT2D eigenvalue weighted by Gasteiger charge is -2.10. The molecular formula is C40H32Cl2F4N10O4. The first-order chi connectivity index (χ1) is 28.7. The molecule has 0 bridgehead atoms. The summed E-state index contributed by atoms with van der Waals surface area (Å²) in [5.41, 5.74) is 3.96. The van der Waals surface area contributed by atoms with Gasteiger partial charge in [0.25, 0.3) is 11.8 Å². The minimum absolute atomic E-state index is 0.187. The lowest BCUT2D eigenvalue weighted by atomic mass is 10.2. The van der Waals surface area contributed by atoms with Crippen LogP contribution in [-0.4, -0.2) is 51.0 Å². The number of H-pyrrole nitrogens is 2. The molecule has 308 valence electrons. The number of carbonyl (C=O) groups is 2. The van der Waals surface area contributed by atoms with E-state index in [2.05, 4.69) is 41.0 Å². The molecule has 2 aromatic carbocycles. The van der Waals surface area contributed by atoms with Crippen LogP contribution in [0, 0.1) is 51.0 Å². The molecule has 60 heavy (non-hydrogen) atoms. The number of carbonyl (C=O) groups excluding carboxylic acids is 2.